The van der Waals surface area contributed by atoms with E-state index in [9.17, 15) is 8.42 Å². The predicted octanol–water partition coefficient (Wildman–Crippen LogP) is -2.20. The Morgan fingerprint density at radius 1 is 1.44 bits per heavy atom. The van der Waals surface area contributed by atoms with Gasteiger partial charge in [-0.2, -0.15) is 8.42 Å². The van der Waals surface area contributed by atoms with E-state index >= 15 is 0 Å². The first kappa shape index (κ1) is 12.5. The van der Waals surface area contributed by atoms with Crippen molar-refractivity contribution in [1.82, 2.24) is 0 Å². The molecule has 9 heavy (non-hydrogen) atoms. The quantitative estimate of drug-likeness (QED) is 0.319. The van der Waals surface area contributed by atoms with Crippen LogP contribution in [0.1, 0.15) is 0 Å². The van der Waals surface area contributed by atoms with Crippen LogP contribution in [0.3, 0.4) is 0 Å². The number of aliphatic hydroxyl groups is 2. The Kier molecular flexibility index (Phi) is 6.41. The van der Waals surface area contributed by atoms with Crippen LogP contribution < -0.4 is 0 Å². The van der Waals surface area contributed by atoms with E-state index < -0.39 is 22.2 Å². The Morgan fingerprint density at radius 3 is 1.78 bits per heavy atom. The molecule has 0 aliphatic carbocycles. The molecule has 0 rings (SSSR count). The predicted molar refractivity (Wildman–Crippen MR) is 30.4 cm³/mol. The fraction of sp³-hybridized carbons (Fsp3) is 1.00. The van der Waals surface area contributed by atoms with Crippen molar-refractivity contribution in [3.05, 3.63) is 0 Å². The Hall–Kier alpha value is 0.830. The van der Waals surface area contributed by atoms with Gasteiger partial charge in [0.25, 0.3) is 10.1 Å². The van der Waals surface area contributed by atoms with E-state index in [4.69, 9.17) is 14.8 Å². The van der Waals surface area contributed by atoms with E-state index in [2.05, 4.69) is 0 Å². The van der Waals surface area contributed by atoms with Crippen LogP contribution in [0.5, 0.6) is 0 Å². The van der Waals surface area contributed by atoms with Crippen LogP contribution in [0.2, 0.25) is 0 Å². The van der Waals surface area contributed by atoms with Crippen LogP contribution in [0.15, 0.2) is 0 Å². The summed E-state index contributed by atoms with van der Waals surface area (Å²) in [6.45, 7) is -0.987. The van der Waals surface area contributed by atoms with Gasteiger partial charge in [-0.15, -0.1) is 0 Å². The molecule has 0 aromatic rings. The van der Waals surface area contributed by atoms with E-state index in [0.717, 1.165) is 0 Å². The van der Waals surface area contributed by atoms with Gasteiger partial charge < -0.3 is 10.2 Å². The van der Waals surface area contributed by atoms with Gasteiger partial charge in [0, 0.05) is 29.6 Å². The molecule has 0 fully saturated rings. The van der Waals surface area contributed by atoms with Gasteiger partial charge in [0.05, 0.1) is 6.61 Å². The van der Waals surface area contributed by atoms with Gasteiger partial charge in [-0.05, 0) is 0 Å². The molecule has 0 saturated carbocycles. The maximum atomic E-state index is 9.71. The first-order valence-electron chi connectivity index (χ1n) is 1.73. The summed E-state index contributed by atoms with van der Waals surface area (Å²) in [5, 5.41) is 16.0. The zero-order valence-corrected chi connectivity index (χ0v) is 7.67. The number of rotatable bonds is 2. The van der Waals surface area contributed by atoms with Gasteiger partial charge in [-0.1, -0.05) is 0 Å². The number of hydrogen-bond donors (Lipinski definition) is 3. The SMILES string of the molecule is O=S(=O)(O)C(O)CO.[Na]. The molecule has 0 saturated heterocycles. The van der Waals surface area contributed by atoms with Gasteiger partial charge in [0.15, 0.2) is 0 Å². The zero-order valence-electron chi connectivity index (χ0n) is 4.85. The minimum absolute atomic E-state index is 0. The molecule has 7 heteroatoms. The zero-order chi connectivity index (χ0) is 6.78. The Morgan fingerprint density at radius 2 is 1.78 bits per heavy atom. The average Bonchev–Trinajstić information content (AvgIpc) is 1.62. The van der Waals surface area contributed by atoms with Crippen molar-refractivity contribution in [2.24, 2.45) is 0 Å². The first-order chi connectivity index (χ1) is 3.48. The van der Waals surface area contributed by atoms with Crippen molar-refractivity contribution >= 4 is 39.7 Å². The van der Waals surface area contributed by atoms with Crippen LogP contribution in [0, 0.1) is 0 Å². The summed E-state index contributed by atoms with van der Waals surface area (Å²) in [6.07, 6.45) is 0. The topological polar surface area (TPSA) is 94.8 Å². The van der Waals surface area contributed by atoms with E-state index in [0.29, 0.717) is 0 Å². The van der Waals surface area contributed by atoms with Gasteiger partial charge in [0.2, 0.25) is 5.44 Å². The standard InChI is InChI=1S/C2H6O5S.Na/c3-1-2(4)8(5,6)7;/h2-4H,1H2,(H,5,6,7);. The molecule has 0 aromatic heterocycles. The number of hydrogen-bond acceptors (Lipinski definition) is 4. The molecule has 0 spiro atoms. The second kappa shape index (κ2) is 4.62. The first-order valence-corrected chi connectivity index (χ1v) is 3.24. The Bertz CT molecular complexity index is 150. The summed E-state index contributed by atoms with van der Waals surface area (Å²) in [5.41, 5.74) is -2.07. The molecule has 1 radical (unpaired) electrons. The minimum Gasteiger partial charge on any atom is -0.392 e. The molecule has 3 N–H and O–H groups in total. The summed E-state index contributed by atoms with van der Waals surface area (Å²) in [7, 11) is -4.45. The van der Waals surface area contributed by atoms with E-state index in [1.54, 1.807) is 0 Å². The largest absolute Gasteiger partial charge is 0.392 e. The van der Waals surface area contributed by atoms with Crippen molar-refractivity contribution in [3.8, 4) is 0 Å². The Labute approximate surface area is 74.7 Å². The van der Waals surface area contributed by atoms with E-state index in [1.807, 2.05) is 0 Å². The van der Waals surface area contributed by atoms with E-state index in [1.165, 1.54) is 0 Å². The van der Waals surface area contributed by atoms with Crippen LogP contribution in [-0.4, -0.2) is 64.8 Å². The molecule has 5 nitrogen and oxygen atoms in total. The maximum absolute atomic E-state index is 9.71. The van der Waals surface area contributed by atoms with Gasteiger partial charge in [-0.25, -0.2) is 0 Å². The third kappa shape index (κ3) is 5.28. The molecular formula is C2H6NaO5S. The molecule has 1 unspecified atom stereocenters. The van der Waals surface area contributed by atoms with Crippen LogP contribution in [0.4, 0.5) is 0 Å². The third-order valence-electron chi connectivity index (χ3n) is 0.500. The van der Waals surface area contributed by atoms with E-state index in [-0.39, 0.29) is 29.6 Å². The normalized spacial score (nSPS) is 14.1. The Balaban J connectivity index is 0. The summed E-state index contributed by atoms with van der Waals surface area (Å²) in [5.74, 6) is 0. The fourth-order valence-electron chi connectivity index (χ4n) is 0.0942. The van der Waals surface area contributed by atoms with Gasteiger partial charge >= 0.3 is 0 Å². The van der Waals surface area contributed by atoms with Crippen molar-refractivity contribution in [2.75, 3.05) is 6.61 Å². The minimum atomic E-state index is -4.45. The van der Waals surface area contributed by atoms with Crippen molar-refractivity contribution in [2.45, 2.75) is 5.44 Å². The van der Waals surface area contributed by atoms with Crippen LogP contribution in [0.25, 0.3) is 0 Å². The summed E-state index contributed by atoms with van der Waals surface area (Å²) in [6, 6.07) is 0. The third-order valence-corrected chi connectivity index (χ3v) is 1.34. The maximum Gasteiger partial charge on any atom is 0.294 e. The molecule has 0 bridgehead atoms. The molecule has 0 aliphatic heterocycles. The van der Waals surface area contributed by atoms with Crippen LogP contribution >= 0.6 is 0 Å². The molecule has 0 heterocycles. The second-order valence-corrected chi connectivity index (χ2v) is 2.73. The molecular weight excluding hydrogens is 159 g/mol. The van der Waals surface area contributed by atoms with Gasteiger partial charge in [-0.3, -0.25) is 4.55 Å². The fourth-order valence-corrected chi connectivity index (χ4v) is 0.283. The summed E-state index contributed by atoms with van der Waals surface area (Å²) >= 11 is 0. The second-order valence-electron chi connectivity index (χ2n) is 1.15. The summed E-state index contributed by atoms with van der Waals surface area (Å²) in [4.78, 5) is 0. The molecule has 0 amide bonds. The van der Waals surface area contributed by atoms with Crippen molar-refractivity contribution in [1.29, 1.82) is 0 Å². The molecule has 0 aliphatic rings. The smallest absolute Gasteiger partial charge is 0.294 e. The van der Waals surface area contributed by atoms with Gasteiger partial charge in [0.1, 0.15) is 0 Å². The number of aliphatic hydroxyl groups excluding tert-OH is 2. The van der Waals surface area contributed by atoms with Crippen LogP contribution in [-0.2, 0) is 10.1 Å². The monoisotopic (exact) mass is 165 g/mol. The summed E-state index contributed by atoms with van der Waals surface area (Å²) < 4.78 is 27.3. The average molecular weight is 165 g/mol. The molecule has 0 aromatic carbocycles. The van der Waals surface area contributed by atoms with Crippen molar-refractivity contribution in [3.63, 3.8) is 0 Å². The van der Waals surface area contributed by atoms with Crippen molar-refractivity contribution < 1.29 is 23.2 Å². The molecule has 1 atom stereocenters. The molecule has 51 valence electrons.